The van der Waals surface area contributed by atoms with Crippen molar-refractivity contribution in [2.24, 2.45) is 10.2 Å². The summed E-state index contributed by atoms with van der Waals surface area (Å²) in [7, 11) is -4.41. The number of rotatable bonds is 30. The molecule has 1 aliphatic rings. The molecule has 1 aliphatic heterocycles. The molecule has 10 nitrogen and oxygen atoms in total. The number of terminal acetylenes is 1. The summed E-state index contributed by atoms with van der Waals surface area (Å²) >= 11 is 0. The Morgan fingerprint density at radius 3 is 1.84 bits per heavy atom. The molecule has 1 rings (SSSR count). The van der Waals surface area contributed by atoms with Crippen LogP contribution in [0.3, 0.4) is 0 Å². The summed E-state index contributed by atoms with van der Waals surface area (Å²) in [6, 6.07) is 0. The quantitative estimate of drug-likeness (QED) is 0.0362. The van der Waals surface area contributed by atoms with Crippen molar-refractivity contribution < 1.29 is 37.6 Å². The highest BCUT2D eigenvalue weighted by Crippen LogP contribution is 2.44. The molecule has 1 N–H and O–H groups in total. The van der Waals surface area contributed by atoms with Crippen LogP contribution in [0.15, 0.2) is 10.2 Å². The predicted molar refractivity (Wildman–Crippen MR) is 167 cm³/mol. The van der Waals surface area contributed by atoms with E-state index in [1.807, 2.05) is 0 Å². The van der Waals surface area contributed by atoms with Gasteiger partial charge in [0, 0.05) is 25.7 Å². The van der Waals surface area contributed by atoms with Crippen LogP contribution in [0.5, 0.6) is 0 Å². The fraction of sp³-hybridized carbons (Fsp3) is 0.875. The topological polar surface area (TPSA) is 133 Å². The van der Waals surface area contributed by atoms with Crippen molar-refractivity contribution in [2.75, 3.05) is 19.8 Å². The minimum Gasteiger partial charge on any atom is -0.462 e. The average Bonchev–Trinajstić information content (AvgIpc) is 3.71. The molecule has 0 spiro atoms. The molecule has 1 heterocycles. The summed E-state index contributed by atoms with van der Waals surface area (Å²) in [6.07, 6.45) is 24.6. The molecule has 2 atom stereocenters. The molecule has 0 saturated heterocycles. The Labute approximate surface area is 260 Å². The van der Waals surface area contributed by atoms with Crippen LogP contribution in [0.1, 0.15) is 149 Å². The molecule has 0 fully saturated rings. The highest BCUT2D eigenvalue weighted by Gasteiger charge is 2.35. The Morgan fingerprint density at radius 2 is 1.30 bits per heavy atom. The van der Waals surface area contributed by atoms with Gasteiger partial charge in [0.15, 0.2) is 11.8 Å². The second-order valence-electron chi connectivity index (χ2n) is 11.7. The molecule has 0 aromatic rings. The molecular weight excluding hydrogens is 571 g/mol. The van der Waals surface area contributed by atoms with Gasteiger partial charge in [0.1, 0.15) is 6.61 Å². The molecule has 0 radical (unpaired) electrons. The average molecular weight is 629 g/mol. The molecule has 0 bridgehead atoms. The Bertz CT molecular complexity index is 870. The fourth-order valence-corrected chi connectivity index (χ4v) is 5.26. The molecule has 248 valence electrons. The molecule has 0 aliphatic carbocycles. The largest absolute Gasteiger partial charge is 0.472 e. The summed E-state index contributed by atoms with van der Waals surface area (Å²) < 4.78 is 33.2. The van der Waals surface area contributed by atoms with E-state index in [2.05, 4.69) is 23.1 Å². The number of phosphoric ester groups is 1. The zero-order valence-electron chi connectivity index (χ0n) is 26.8. The maximum absolute atomic E-state index is 12.4. The normalized spacial score (nSPS) is 15.4. The zero-order chi connectivity index (χ0) is 31.7. The number of hydrogen-bond acceptors (Lipinski definition) is 9. The molecule has 0 aromatic heterocycles. The van der Waals surface area contributed by atoms with Crippen molar-refractivity contribution in [3.8, 4) is 12.3 Å². The number of carbonyl (C=O) groups excluding carboxylic acids is 2. The van der Waals surface area contributed by atoms with Crippen LogP contribution in [-0.4, -0.2) is 48.4 Å². The number of esters is 2. The number of nitrogens with zero attached hydrogens (tertiary/aromatic N) is 2. The van der Waals surface area contributed by atoms with Crippen molar-refractivity contribution in [1.82, 2.24) is 0 Å². The van der Waals surface area contributed by atoms with Gasteiger partial charge in [0.2, 0.25) is 0 Å². The minimum absolute atomic E-state index is 0.0710. The van der Waals surface area contributed by atoms with Crippen molar-refractivity contribution in [2.45, 2.75) is 160 Å². The molecule has 11 heteroatoms. The van der Waals surface area contributed by atoms with Crippen LogP contribution in [0.25, 0.3) is 0 Å². The van der Waals surface area contributed by atoms with Gasteiger partial charge in [-0.05, 0) is 26.2 Å². The van der Waals surface area contributed by atoms with Crippen LogP contribution in [0.2, 0.25) is 0 Å². The number of unbranched alkanes of at least 4 members (excludes halogenated alkanes) is 16. The minimum atomic E-state index is -4.41. The van der Waals surface area contributed by atoms with E-state index in [-0.39, 0.29) is 26.1 Å². The maximum atomic E-state index is 12.4. The lowest BCUT2D eigenvalue weighted by atomic mass is 10.1. The standard InChI is InChI=1S/C32H57N2O8P/c1-4-6-8-10-12-14-15-16-18-19-21-23-30(35)39-27-29(28-41-43(37,38)40-26-25-32(3)33-34-32)42-31(36)24-22-20-17-13-11-9-7-5-2/h2,29H,4,6-28H2,1,3H3,(H,37,38)/t29-/m1/s1. The second-order valence-corrected chi connectivity index (χ2v) is 13.1. The van der Waals surface area contributed by atoms with E-state index < -0.39 is 38.1 Å². The predicted octanol–water partition coefficient (Wildman–Crippen LogP) is 8.60. The molecular formula is C32H57N2O8P. The van der Waals surface area contributed by atoms with E-state index in [0.717, 1.165) is 57.8 Å². The van der Waals surface area contributed by atoms with Crippen LogP contribution < -0.4 is 0 Å². The Hall–Kier alpha value is -1.79. The van der Waals surface area contributed by atoms with Gasteiger partial charge in [0.05, 0.1) is 13.2 Å². The van der Waals surface area contributed by atoms with Crippen molar-refractivity contribution in [1.29, 1.82) is 0 Å². The Morgan fingerprint density at radius 1 is 0.791 bits per heavy atom. The van der Waals surface area contributed by atoms with Gasteiger partial charge in [-0.3, -0.25) is 18.6 Å². The summed E-state index contributed by atoms with van der Waals surface area (Å²) in [5.74, 6) is 1.77. The lowest BCUT2D eigenvalue weighted by molar-refractivity contribution is -0.161. The third-order valence-corrected chi connectivity index (χ3v) is 8.34. The highest BCUT2D eigenvalue weighted by atomic mass is 31.2. The lowest BCUT2D eigenvalue weighted by Gasteiger charge is -2.20. The van der Waals surface area contributed by atoms with E-state index in [1.54, 1.807) is 6.92 Å². The lowest BCUT2D eigenvalue weighted by Crippen LogP contribution is -2.29. The van der Waals surface area contributed by atoms with Gasteiger partial charge in [-0.15, -0.1) is 12.3 Å². The summed E-state index contributed by atoms with van der Waals surface area (Å²) in [4.78, 5) is 34.8. The molecule has 0 saturated carbocycles. The summed E-state index contributed by atoms with van der Waals surface area (Å²) in [5, 5.41) is 7.66. The van der Waals surface area contributed by atoms with Crippen molar-refractivity contribution >= 4 is 19.8 Å². The third kappa shape index (κ3) is 24.2. The van der Waals surface area contributed by atoms with Crippen LogP contribution in [0.4, 0.5) is 0 Å². The molecule has 0 amide bonds. The van der Waals surface area contributed by atoms with Gasteiger partial charge in [0.25, 0.3) is 0 Å². The van der Waals surface area contributed by atoms with Crippen LogP contribution in [0, 0.1) is 12.3 Å². The zero-order valence-corrected chi connectivity index (χ0v) is 27.7. The Balaban J connectivity index is 2.33. The first-order valence-electron chi connectivity index (χ1n) is 16.5. The van der Waals surface area contributed by atoms with Crippen molar-refractivity contribution in [3.63, 3.8) is 0 Å². The van der Waals surface area contributed by atoms with Gasteiger partial charge in [-0.25, -0.2) is 4.57 Å². The molecule has 43 heavy (non-hydrogen) atoms. The van der Waals surface area contributed by atoms with Gasteiger partial charge < -0.3 is 14.4 Å². The smallest absolute Gasteiger partial charge is 0.462 e. The SMILES string of the molecule is C#CCCCCCCCCC(=O)O[C@H](COC(=O)CCCCCCCCCCCCC)COP(=O)(O)OCCC1(C)N=N1. The van der Waals surface area contributed by atoms with Crippen molar-refractivity contribution in [3.05, 3.63) is 0 Å². The van der Waals surface area contributed by atoms with E-state index in [1.165, 1.54) is 51.4 Å². The second kappa shape index (κ2) is 24.5. The summed E-state index contributed by atoms with van der Waals surface area (Å²) in [6.45, 7) is 3.24. The van der Waals surface area contributed by atoms with Crippen LogP contribution in [-0.2, 0) is 32.7 Å². The van der Waals surface area contributed by atoms with Gasteiger partial charge >= 0.3 is 19.8 Å². The number of phosphoric acid groups is 1. The fourth-order valence-electron chi connectivity index (χ4n) is 4.51. The number of carbonyl (C=O) groups is 2. The highest BCUT2D eigenvalue weighted by molar-refractivity contribution is 7.47. The first-order chi connectivity index (χ1) is 20.7. The molecule has 1 unspecified atom stereocenters. The number of ether oxygens (including phenoxy) is 2. The monoisotopic (exact) mass is 628 g/mol. The molecule has 0 aromatic carbocycles. The summed E-state index contributed by atoms with van der Waals surface area (Å²) in [5.41, 5.74) is -0.568. The van der Waals surface area contributed by atoms with E-state index in [0.29, 0.717) is 12.8 Å². The Kier molecular flexibility index (Phi) is 22.4. The van der Waals surface area contributed by atoms with Gasteiger partial charge in [-0.1, -0.05) is 96.8 Å². The maximum Gasteiger partial charge on any atom is 0.472 e. The van der Waals surface area contributed by atoms with E-state index in [9.17, 15) is 19.0 Å². The van der Waals surface area contributed by atoms with Crippen LogP contribution >= 0.6 is 7.82 Å². The van der Waals surface area contributed by atoms with E-state index in [4.69, 9.17) is 24.9 Å². The van der Waals surface area contributed by atoms with Gasteiger partial charge in [-0.2, -0.15) is 10.2 Å². The first-order valence-corrected chi connectivity index (χ1v) is 18.0. The number of hydrogen-bond donors (Lipinski definition) is 1. The van der Waals surface area contributed by atoms with E-state index >= 15 is 0 Å². The third-order valence-electron chi connectivity index (χ3n) is 7.36. The first kappa shape index (κ1) is 39.2.